The van der Waals surface area contributed by atoms with Crippen molar-refractivity contribution in [1.29, 1.82) is 0 Å². The van der Waals surface area contributed by atoms with E-state index in [4.69, 9.17) is 16.0 Å². The number of thiazole rings is 1. The molecule has 96 valence electrons. The second-order valence-corrected chi connectivity index (χ2v) is 5.29. The average molecular weight is 291 g/mol. The second-order valence-electron chi connectivity index (χ2n) is 4.00. The van der Waals surface area contributed by atoms with Crippen molar-refractivity contribution in [2.24, 2.45) is 0 Å². The van der Waals surface area contributed by atoms with Gasteiger partial charge in [-0.2, -0.15) is 0 Å². The topological polar surface area (TPSA) is 38.1 Å². The van der Waals surface area contributed by atoms with E-state index in [1.165, 1.54) is 0 Å². The molecule has 0 spiro atoms. The predicted molar refractivity (Wildman–Crippen MR) is 81.0 cm³/mol. The molecule has 0 aliphatic heterocycles. The number of benzene rings is 1. The Hall–Kier alpha value is -1.78. The monoisotopic (exact) mass is 290 g/mol. The summed E-state index contributed by atoms with van der Waals surface area (Å²) in [6, 6.07) is 7.51. The molecule has 3 rings (SSSR count). The van der Waals surface area contributed by atoms with E-state index in [-0.39, 0.29) is 0 Å². The largest absolute Gasteiger partial charge is 0.454 e. The Kier molecular flexibility index (Phi) is 3.27. The molecule has 0 amide bonds. The first-order valence-corrected chi connectivity index (χ1v) is 7.02. The zero-order valence-electron chi connectivity index (χ0n) is 10.0. The number of furan rings is 1. The minimum absolute atomic E-state index is 0.697. The molecule has 2 aromatic heterocycles. The smallest absolute Gasteiger partial charge is 0.183 e. The lowest BCUT2D eigenvalue weighted by Gasteiger charge is -1.94. The van der Waals surface area contributed by atoms with Crippen molar-refractivity contribution in [1.82, 2.24) is 4.98 Å². The third kappa shape index (κ3) is 2.50. The highest BCUT2D eigenvalue weighted by Gasteiger charge is 2.10. The summed E-state index contributed by atoms with van der Waals surface area (Å²) < 4.78 is 5.76. The van der Waals surface area contributed by atoms with Crippen molar-refractivity contribution in [2.45, 2.75) is 0 Å². The van der Waals surface area contributed by atoms with Gasteiger partial charge in [-0.15, -0.1) is 17.9 Å². The van der Waals surface area contributed by atoms with Gasteiger partial charge in [-0.25, -0.2) is 4.98 Å². The maximum Gasteiger partial charge on any atom is 0.183 e. The van der Waals surface area contributed by atoms with E-state index in [0.717, 1.165) is 27.6 Å². The molecule has 0 saturated carbocycles. The van der Waals surface area contributed by atoms with Gasteiger partial charge in [0, 0.05) is 22.3 Å². The number of halogens is 1. The first kappa shape index (κ1) is 12.3. The first-order chi connectivity index (χ1) is 9.26. The summed E-state index contributed by atoms with van der Waals surface area (Å²) in [5.74, 6) is 0.750. The number of nitrogens with zero attached hydrogens (tertiary/aromatic N) is 1. The van der Waals surface area contributed by atoms with Crippen molar-refractivity contribution in [3.05, 3.63) is 47.3 Å². The Morgan fingerprint density at radius 3 is 3.16 bits per heavy atom. The molecule has 0 saturated heterocycles. The van der Waals surface area contributed by atoms with Crippen molar-refractivity contribution in [3.63, 3.8) is 0 Å². The van der Waals surface area contributed by atoms with Crippen molar-refractivity contribution >= 4 is 39.0 Å². The highest BCUT2D eigenvalue weighted by Crippen LogP contribution is 2.31. The summed E-state index contributed by atoms with van der Waals surface area (Å²) >= 11 is 7.50. The fourth-order valence-corrected chi connectivity index (χ4v) is 2.66. The van der Waals surface area contributed by atoms with Crippen LogP contribution in [-0.2, 0) is 0 Å². The van der Waals surface area contributed by atoms with Gasteiger partial charge >= 0.3 is 0 Å². The highest BCUT2D eigenvalue weighted by molar-refractivity contribution is 7.14. The summed E-state index contributed by atoms with van der Waals surface area (Å²) in [6.45, 7) is 4.36. The van der Waals surface area contributed by atoms with Crippen molar-refractivity contribution in [2.75, 3.05) is 11.9 Å². The third-order valence-electron chi connectivity index (χ3n) is 2.63. The standard InChI is InChI=1S/C14H11ClN2OS/c1-2-5-16-14-17-11(8-19-14)13-7-9-6-10(15)3-4-12(9)18-13/h2-4,6-8H,1,5H2,(H,16,17). The molecule has 0 aliphatic rings. The predicted octanol–water partition coefficient (Wildman–Crippen LogP) is 4.81. The van der Waals surface area contributed by atoms with E-state index in [1.54, 1.807) is 17.4 Å². The highest BCUT2D eigenvalue weighted by atomic mass is 35.5. The number of fused-ring (bicyclic) bond motifs is 1. The summed E-state index contributed by atoms with van der Waals surface area (Å²) in [7, 11) is 0. The zero-order valence-corrected chi connectivity index (χ0v) is 11.6. The van der Waals surface area contributed by atoms with Crippen LogP contribution in [0, 0.1) is 0 Å². The van der Waals surface area contributed by atoms with E-state index in [0.29, 0.717) is 11.6 Å². The number of rotatable bonds is 4. The Labute approximate surface area is 119 Å². The maximum atomic E-state index is 5.96. The first-order valence-electron chi connectivity index (χ1n) is 5.76. The summed E-state index contributed by atoms with van der Waals surface area (Å²) in [5, 5.41) is 7.65. The van der Waals surface area contributed by atoms with Crippen LogP contribution in [0.1, 0.15) is 0 Å². The molecule has 19 heavy (non-hydrogen) atoms. The molecule has 3 nitrogen and oxygen atoms in total. The van der Waals surface area contributed by atoms with Gasteiger partial charge in [0.15, 0.2) is 10.9 Å². The van der Waals surface area contributed by atoms with Gasteiger partial charge in [0.05, 0.1) is 0 Å². The second kappa shape index (κ2) is 5.07. The zero-order chi connectivity index (χ0) is 13.2. The van der Waals surface area contributed by atoms with E-state index >= 15 is 0 Å². The Morgan fingerprint density at radius 1 is 1.42 bits per heavy atom. The molecule has 0 fully saturated rings. The maximum absolute atomic E-state index is 5.96. The molecular weight excluding hydrogens is 280 g/mol. The van der Waals surface area contributed by atoms with Crippen molar-refractivity contribution < 1.29 is 4.42 Å². The van der Waals surface area contributed by atoms with E-state index < -0.39 is 0 Å². The van der Waals surface area contributed by atoms with Crippen LogP contribution in [0.25, 0.3) is 22.4 Å². The molecule has 2 heterocycles. The van der Waals surface area contributed by atoms with E-state index in [1.807, 2.05) is 29.6 Å². The number of aromatic nitrogens is 1. The van der Waals surface area contributed by atoms with E-state index in [9.17, 15) is 0 Å². The Balaban J connectivity index is 1.94. The molecule has 5 heteroatoms. The van der Waals surface area contributed by atoms with Gasteiger partial charge in [0.2, 0.25) is 0 Å². The van der Waals surface area contributed by atoms with Gasteiger partial charge in [-0.1, -0.05) is 17.7 Å². The number of hydrogen-bond acceptors (Lipinski definition) is 4. The number of nitrogens with one attached hydrogen (secondary N) is 1. The molecule has 1 N–H and O–H groups in total. The van der Waals surface area contributed by atoms with Crippen LogP contribution >= 0.6 is 22.9 Å². The third-order valence-corrected chi connectivity index (χ3v) is 3.67. The summed E-state index contributed by atoms with van der Waals surface area (Å²) in [4.78, 5) is 4.47. The minimum Gasteiger partial charge on any atom is -0.454 e. The molecule has 0 atom stereocenters. The van der Waals surface area contributed by atoms with Crippen LogP contribution in [0.5, 0.6) is 0 Å². The van der Waals surface area contributed by atoms with Crippen LogP contribution in [0.15, 0.2) is 46.7 Å². The van der Waals surface area contributed by atoms with Gasteiger partial charge < -0.3 is 9.73 Å². The Morgan fingerprint density at radius 2 is 2.32 bits per heavy atom. The lowest BCUT2D eigenvalue weighted by atomic mass is 10.2. The molecule has 3 aromatic rings. The quantitative estimate of drug-likeness (QED) is 0.701. The minimum atomic E-state index is 0.697. The molecule has 0 bridgehead atoms. The van der Waals surface area contributed by atoms with Crippen LogP contribution in [0.2, 0.25) is 5.02 Å². The van der Waals surface area contributed by atoms with Crippen LogP contribution in [0.4, 0.5) is 5.13 Å². The molecule has 0 unspecified atom stereocenters. The summed E-state index contributed by atoms with van der Waals surface area (Å²) in [6.07, 6.45) is 1.80. The number of hydrogen-bond donors (Lipinski definition) is 1. The van der Waals surface area contributed by atoms with Crippen LogP contribution in [-0.4, -0.2) is 11.5 Å². The molecule has 1 aromatic carbocycles. The van der Waals surface area contributed by atoms with E-state index in [2.05, 4.69) is 16.9 Å². The normalized spacial score (nSPS) is 10.8. The van der Waals surface area contributed by atoms with Crippen molar-refractivity contribution in [3.8, 4) is 11.5 Å². The lowest BCUT2D eigenvalue weighted by molar-refractivity contribution is 0.629. The van der Waals surface area contributed by atoms with Gasteiger partial charge in [-0.3, -0.25) is 0 Å². The van der Waals surface area contributed by atoms with Gasteiger partial charge in [0.25, 0.3) is 0 Å². The SMILES string of the molecule is C=CCNc1nc(-c2cc3cc(Cl)ccc3o2)cs1. The molecule has 0 radical (unpaired) electrons. The average Bonchev–Trinajstić information content (AvgIpc) is 3.01. The summed E-state index contributed by atoms with van der Waals surface area (Å²) in [5.41, 5.74) is 1.64. The fourth-order valence-electron chi connectivity index (χ4n) is 1.77. The Bertz CT molecular complexity index is 732. The van der Waals surface area contributed by atoms with Gasteiger partial charge in [0.1, 0.15) is 11.3 Å². The van der Waals surface area contributed by atoms with Gasteiger partial charge in [-0.05, 0) is 24.3 Å². The number of anilines is 1. The fraction of sp³-hybridized carbons (Fsp3) is 0.0714. The molecule has 0 aliphatic carbocycles. The van der Waals surface area contributed by atoms with Crippen LogP contribution < -0.4 is 5.32 Å². The molecular formula is C14H11ClN2OS. The lowest BCUT2D eigenvalue weighted by Crippen LogP contribution is -1.96. The van der Waals surface area contributed by atoms with Crippen LogP contribution in [0.3, 0.4) is 0 Å².